The predicted molar refractivity (Wildman–Crippen MR) is 129 cm³/mol. The second-order valence-electron chi connectivity index (χ2n) is 10.5. The minimum Gasteiger partial charge on any atom is -0.393 e. The zero-order chi connectivity index (χ0) is 23.0. The number of rotatable bonds is 6. The van der Waals surface area contributed by atoms with Gasteiger partial charge in [-0.2, -0.15) is 0 Å². The molecule has 0 bridgehead atoms. The number of hydrogen-bond donors (Lipinski definition) is 3. The fourth-order valence-electron chi connectivity index (χ4n) is 5.76. The van der Waals surface area contributed by atoms with Crippen molar-refractivity contribution in [3.63, 3.8) is 0 Å². The van der Waals surface area contributed by atoms with Crippen molar-refractivity contribution >= 4 is 0 Å². The minimum absolute atomic E-state index is 0.348. The Hall–Kier alpha value is -1.12. The molecular weight excluding hydrogens is 400 g/mol. The van der Waals surface area contributed by atoms with E-state index in [-0.39, 0.29) is 0 Å². The summed E-state index contributed by atoms with van der Waals surface area (Å²) in [7, 11) is 0. The first-order valence-corrected chi connectivity index (χ1v) is 12.9. The molecule has 4 heteroatoms. The van der Waals surface area contributed by atoms with Crippen LogP contribution in [0.3, 0.4) is 0 Å². The summed E-state index contributed by atoms with van der Waals surface area (Å²) in [6, 6.07) is 0. The average Bonchev–Trinajstić information content (AvgIpc) is 2.78. The molecule has 3 saturated carbocycles. The molecule has 1 spiro atoms. The van der Waals surface area contributed by atoms with Crippen molar-refractivity contribution in [2.24, 2.45) is 5.41 Å². The van der Waals surface area contributed by atoms with Gasteiger partial charge >= 0.3 is 0 Å². The second-order valence-corrected chi connectivity index (χ2v) is 10.5. The summed E-state index contributed by atoms with van der Waals surface area (Å²) in [6.45, 7) is 4.60. The van der Waals surface area contributed by atoms with Crippen molar-refractivity contribution in [2.45, 2.75) is 128 Å². The number of ether oxygens (including phenoxy) is 1. The Labute approximate surface area is 195 Å². The van der Waals surface area contributed by atoms with Crippen LogP contribution < -0.4 is 0 Å². The molecule has 3 aliphatic rings. The van der Waals surface area contributed by atoms with Gasteiger partial charge in [-0.1, -0.05) is 49.0 Å². The molecular formula is C28H44O4. The van der Waals surface area contributed by atoms with Crippen LogP contribution in [0.2, 0.25) is 0 Å². The Kier molecular flexibility index (Phi) is 9.44. The Bertz CT molecular complexity index is 701. The van der Waals surface area contributed by atoms with Gasteiger partial charge < -0.3 is 20.1 Å². The monoisotopic (exact) mass is 444 g/mol. The van der Waals surface area contributed by atoms with E-state index in [1.165, 1.54) is 49.7 Å². The van der Waals surface area contributed by atoms with Gasteiger partial charge in [-0.25, -0.2) is 0 Å². The van der Waals surface area contributed by atoms with E-state index in [0.717, 1.165) is 12.8 Å². The van der Waals surface area contributed by atoms with Crippen LogP contribution in [0.5, 0.6) is 0 Å². The fourth-order valence-corrected chi connectivity index (χ4v) is 5.76. The van der Waals surface area contributed by atoms with Crippen LogP contribution >= 0.6 is 0 Å². The summed E-state index contributed by atoms with van der Waals surface area (Å²) in [5.74, 6) is 6.12. The lowest BCUT2D eigenvalue weighted by molar-refractivity contribution is -0.00693. The maximum atomic E-state index is 10.2. The molecule has 0 saturated heterocycles. The molecule has 0 aliphatic heterocycles. The van der Waals surface area contributed by atoms with Gasteiger partial charge in [0.05, 0.1) is 24.9 Å². The van der Waals surface area contributed by atoms with E-state index in [1.54, 1.807) is 0 Å². The number of aliphatic hydroxyl groups is 3. The topological polar surface area (TPSA) is 69.9 Å². The summed E-state index contributed by atoms with van der Waals surface area (Å²) in [5.41, 5.74) is 2.31. The molecule has 3 aliphatic carbocycles. The summed E-state index contributed by atoms with van der Waals surface area (Å²) in [5, 5.41) is 30.0. The third kappa shape index (κ3) is 7.45. The van der Waals surface area contributed by atoms with Crippen LogP contribution in [0.4, 0.5) is 0 Å². The quantitative estimate of drug-likeness (QED) is 0.389. The SMILES string of the molecule is CCC(O)(C#CCCOC1CCC2(CCC/C(=C\C=C3C[C@@H](O)C[C@H](O)C3)C2)CC1)CC. The van der Waals surface area contributed by atoms with E-state index < -0.39 is 17.8 Å². The van der Waals surface area contributed by atoms with Gasteiger partial charge in [-0.3, -0.25) is 0 Å². The van der Waals surface area contributed by atoms with Gasteiger partial charge in [-0.15, -0.1) is 0 Å². The van der Waals surface area contributed by atoms with Gasteiger partial charge in [0.15, 0.2) is 0 Å². The smallest absolute Gasteiger partial charge is 0.125 e. The van der Waals surface area contributed by atoms with Gasteiger partial charge in [0.1, 0.15) is 5.60 Å². The third-order valence-electron chi connectivity index (χ3n) is 7.97. The Morgan fingerprint density at radius 1 is 1.03 bits per heavy atom. The summed E-state index contributed by atoms with van der Waals surface area (Å²) < 4.78 is 6.12. The summed E-state index contributed by atoms with van der Waals surface area (Å²) >= 11 is 0. The van der Waals surface area contributed by atoms with Crippen LogP contribution in [0.25, 0.3) is 0 Å². The van der Waals surface area contributed by atoms with Crippen molar-refractivity contribution in [1.82, 2.24) is 0 Å². The van der Waals surface area contributed by atoms with Crippen molar-refractivity contribution in [3.05, 3.63) is 23.3 Å². The minimum atomic E-state index is -0.837. The first-order valence-electron chi connectivity index (χ1n) is 12.9. The lowest BCUT2D eigenvalue weighted by Gasteiger charge is -2.43. The zero-order valence-electron chi connectivity index (χ0n) is 20.2. The summed E-state index contributed by atoms with van der Waals surface area (Å²) in [6.07, 6.45) is 17.6. The maximum absolute atomic E-state index is 10.2. The van der Waals surface area contributed by atoms with Crippen molar-refractivity contribution in [1.29, 1.82) is 0 Å². The Morgan fingerprint density at radius 3 is 2.34 bits per heavy atom. The molecule has 0 aromatic rings. The lowest BCUT2D eigenvalue weighted by Crippen LogP contribution is -2.33. The molecule has 4 nitrogen and oxygen atoms in total. The van der Waals surface area contributed by atoms with Crippen LogP contribution in [-0.2, 0) is 4.74 Å². The molecule has 0 unspecified atom stereocenters. The number of aliphatic hydroxyl groups excluding tert-OH is 2. The molecule has 2 atom stereocenters. The largest absolute Gasteiger partial charge is 0.393 e. The van der Waals surface area contributed by atoms with Crippen molar-refractivity contribution in [2.75, 3.05) is 6.61 Å². The first kappa shape index (κ1) is 25.5. The van der Waals surface area contributed by atoms with Crippen molar-refractivity contribution in [3.8, 4) is 11.8 Å². The standard InChI is InChI=1S/C28H44O4/c1-3-28(31,4-2)14-5-6-17-32-26-11-15-27(16-12-26)13-7-8-22(21-27)9-10-23-18-24(29)20-25(30)19-23/h9-10,24-26,29-31H,3-4,6-8,11-13,15-21H2,1-2H3/b22-9+/t24-,25-,26?,27?/m1/s1. The Balaban J connectivity index is 1.44. The summed E-state index contributed by atoms with van der Waals surface area (Å²) in [4.78, 5) is 0. The highest BCUT2D eigenvalue weighted by Crippen LogP contribution is 2.49. The van der Waals surface area contributed by atoms with Crippen LogP contribution in [0.1, 0.15) is 104 Å². The molecule has 0 aromatic carbocycles. The van der Waals surface area contributed by atoms with E-state index >= 15 is 0 Å². The highest BCUT2D eigenvalue weighted by molar-refractivity contribution is 5.22. The van der Waals surface area contributed by atoms with Crippen LogP contribution in [-0.4, -0.2) is 45.8 Å². The fraction of sp³-hybridized carbons (Fsp3) is 0.786. The highest BCUT2D eigenvalue weighted by Gasteiger charge is 2.37. The van der Waals surface area contributed by atoms with Gasteiger partial charge in [0, 0.05) is 6.42 Å². The Morgan fingerprint density at radius 2 is 1.69 bits per heavy atom. The van der Waals surface area contributed by atoms with Crippen LogP contribution in [0, 0.1) is 17.3 Å². The van der Waals surface area contributed by atoms with E-state index in [2.05, 4.69) is 24.0 Å². The van der Waals surface area contributed by atoms with E-state index in [9.17, 15) is 15.3 Å². The number of allylic oxidation sites excluding steroid dienone is 3. The van der Waals surface area contributed by atoms with E-state index in [0.29, 0.717) is 56.7 Å². The molecule has 0 amide bonds. The normalized spacial score (nSPS) is 32.6. The second kappa shape index (κ2) is 11.8. The number of hydrogen-bond acceptors (Lipinski definition) is 4. The van der Waals surface area contributed by atoms with Crippen LogP contribution in [0.15, 0.2) is 23.3 Å². The van der Waals surface area contributed by atoms with Crippen molar-refractivity contribution < 1.29 is 20.1 Å². The molecule has 0 radical (unpaired) electrons. The third-order valence-corrected chi connectivity index (χ3v) is 7.97. The predicted octanol–water partition coefficient (Wildman–Crippen LogP) is 5.21. The lowest BCUT2D eigenvalue weighted by atomic mass is 9.63. The van der Waals surface area contributed by atoms with E-state index in [4.69, 9.17) is 4.74 Å². The maximum Gasteiger partial charge on any atom is 0.125 e. The average molecular weight is 445 g/mol. The molecule has 0 aromatic heterocycles. The zero-order valence-corrected chi connectivity index (χ0v) is 20.2. The van der Waals surface area contributed by atoms with E-state index in [1.807, 2.05) is 13.8 Å². The van der Waals surface area contributed by atoms with Gasteiger partial charge in [0.2, 0.25) is 0 Å². The molecule has 3 fully saturated rings. The van der Waals surface area contributed by atoms with Gasteiger partial charge in [0.25, 0.3) is 0 Å². The molecule has 3 N–H and O–H groups in total. The first-order chi connectivity index (χ1) is 15.4. The molecule has 0 heterocycles. The van der Waals surface area contributed by atoms with Gasteiger partial charge in [-0.05, 0) is 88.9 Å². The highest BCUT2D eigenvalue weighted by atomic mass is 16.5. The molecule has 3 rings (SSSR count). The molecule has 32 heavy (non-hydrogen) atoms. The molecule has 180 valence electrons.